The van der Waals surface area contributed by atoms with E-state index in [0.29, 0.717) is 18.4 Å². The van der Waals surface area contributed by atoms with E-state index in [-0.39, 0.29) is 24.1 Å². The van der Waals surface area contributed by atoms with E-state index in [1.807, 2.05) is 20.8 Å². The zero-order valence-electron chi connectivity index (χ0n) is 25.2. The third-order valence-corrected chi connectivity index (χ3v) is 11.8. The third-order valence-electron chi connectivity index (χ3n) is 11.8. The average Bonchev–Trinajstić information content (AvgIpc) is 3.40. The van der Waals surface area contributed by atoms with E-state index in [1.54, 1.807) is 38.5 Å². The van der Waals surface area contributed by atoms with Crippen LogP contribution < -0.4 is 0 Å². The maximum Gasteiger partial charge on any atom is 0.335 e. The molecule has 2 bridgehead atoms. The van der Waals surface area contributed by atoms with Gasteiger partial charge in [0, 0.05) is 45.1 Å². The second-order valence-corrected chi connectivity index (χ2v) is 13.9. The van der Waals surface area contributed by atoms with Crippen molar-refractivity contribution in [2.75, 3.05) is 7.11 Å². The van der Waals surface area contributed by atoms with Gasteiger partial charge in [0.15, 0.2) is 6.10 Å². The molecule has 0 amide bonds. The highest BCUT2D eigenvalue weighted by atomic mass is 16.6. The summed E-state index contributed by atoms with van der Waals surface area (Å²) in [5.41, 5.74) is -2.56. The first-order valence-corrected chi connectivity index (χ1v) is 14.7. The first kappa shape index (κ1) is 29.1. The van der Waals surface area contributed by atoms with E-state index in [0.717, 1.165) is 5.56 Å². The van der Waals surface area contributed by atoms with Crippen LogP contribution in [0.25, 0.3) is 0 Å². The molecule has 3 saturated carbocycles. The van der Waals surface area contributed by atoms with Gasteiger partial charge in [-0.05, 0) is 32.8 Å². The number of rotatable bonds is 5. The lowest BCUT2D eigenvalue weighted by molar-refractivity contribution is -0.231. The number of aliphatic hydroxyl groups excluding tert-OH is 1. The highest BCUT2D eigenvalue weighted by Crippen LogP contribution is 2.77. The third kappa shape index (κ3) is 3.51. The normalized spacial score (nSPS) is 44.1. The van der Waals surface area contributed by atoms with Crippen LogP contribution in [0.15, 0.2) is 34.7 Å². The Kier molecular flexibility index (Phi) is 6.42. The van der Waals surface area contributed by atoms with Crippen molar-refractivity contribution < 1.29 is 47.6 Å². The highest BCUT2D eigenvalue weighted by molar-refractivity contribution is 5.94. The quantitative estimate of drug-likeness (QED) is 0.236. The number of aliphatic hydroxyl groups is 1. The number of fused-ring (bicyclic) bond motifs is 5. The minimum atomic E-state index is -1.65. The van der Waals surface area contributed by atoms with Gasteiger partial charge in [0.2, 0.25) is 0 Å². The lowest BCUT2D eigenvalue weighted by Gasteiger charge is -2.65. The predicted molar refractivity (Wildman–Crippen MR) is 145 cm³/mol. The van der Waals surface area contributed by atoms with Crippen LogP contribution >= 0.6 is 0 Å². The summed E-state index contributed by atoms with van der Waals surface area (Å²) < 4.78 is 29.1. The monoisotopic (exact) mass is 584 g/mol. The fourth-order valence-corrected chi connectivity index (χ4v) is 9.83. The zero-order chi connectivity index (χ0) is 30.6. The summed E-state index contributed by atoms with van der Waals surface area (Å²) in [4.78, 5) is 53.9. The number of carbonyl (C=O) groups excluding carboxylic acids is 4. The molecule has 0 radical (unpaired) electrons. The smallest absolute Gasteiger partial charge is 0.335 e. The molecule has 10 nitrogen and oxygen atoms in total. The molecule has 0 aromatic carbocycles. The molecule has 42 heavy (non-hydrogen) atoms. The minimum absolute atomic E-state index is 0.102. The number of epoxide rings is 1. The molecule has 5 aliphatic rings. The van der Waals surface area contributed by atoms with Gasteiger partial charge in [-0.15, -0.1) is 0 Å². The van der Waals surface area contributed by atoms with Crippen LogP contribution in [0.3, 0.4) is 0 Å². The van der Waals surface area contributed by atoms with Crippen molar-refractivity contribution in [1.29, 1.82) is 0 Å². The Bertz CT molecular complexity index is 1360. The molecule has 228 valence electrons. The van der Waals surface area contributed by atoms with Crippen LogP contribution in [-0.2, 0) is 38.1 Å². The van der Waals surface area contributed by atoms with Gasteiger partial charge in [-0.2, -0.15) is 0 Å². The molecule has 1 aromatic rings. The zero-order valence-corrected chi connectivity index (χ0v) is 25.2. The van der Waals surface area contributed by atoms with Gasteiger partial charge in [-0.25, -0.2) is 9.59 Å². The number of allylic oxidation sites excluding steroid dienone is 1. The van der Waals surface area contributed by atoms with E-state index in [1.165, 1.54) is 7.11 Å². The van der Waals surface area contributed by atoms with E-state index in [4.69, 9.17) is 23.4 Å². The topological polar surface area (TPSA) is 142 Å². The summed E-state index contributed by atoms with van der Waals surface area (Å²) in [6.07, 6.45) is 2.23. The second kappa shape index (κ2) is 9.26. The molecule has 2 aliphatic heterocycles. The molecule has 3 aliphatic carbocycles. The highest BCUT2D eigenvalue weighted by Gasteiger charge is 2.86. The first-order valence-electron chi connectivity index (χ1n) is 14.7. The van der Waals surface area contributed by atoms with Gasteiger partial charge < -0.3 is 28.5 Å². The molecule has 0 unspecified atom stereocenters. The number of esters is 3. The minimum Gasteiger partial charge on any atom is -0.472 e. The summed E-state index contributed by atoms with van der Waals surface area (Å²) in [6, 6.07) is 1.80. The first-order chi connectivity index (χ1) is 19.7. The maximum atomic E-state index is 14.7. The Morgan fingerprint density at radius 3 is 2.50 bits per heavy atom. The Labute approximate surface area is 245 Å². The summed E-state index contributed by atoms with van der Waals surface area (Å²) in [6.45, 7) is 10.9. The predicted octanol–water partition coefficient (Wildman–Crippen LogP) is 3.71. The van der Waals surface area contributed by atoms with E-state index >= 15 is 0 Å². The molecule has 11 atom stereocenters. The van der Waals surface area contributed by atoms with Gasteiger partial charge in [0.1, 0.15) is 29.7 Å². The Morgan fingerprint density at radius 1 is 1.17 bits per heavy atom. The fraction of sp³-hybridized carbons (Fsp3) is 0.688. The Balaban J connectivity index is 1.52. The van der Waals surface area contributed by atoms with Crippen LogP contribution in [0.1, 0.15) is 72.5 Å². The van der Waals surface area contributed by atoms with Crippen molar-refractivity contribution >= 4 is 23.7 Å². The summed E-state index contributed by atoms with van der Waals surface area (Å²) in [7, 11) is 1.19. The summed E-state index contributed by atoms with van der Waals surface area (Å²) >= 11 is 0. The van der Waals surface area contributed by atoms with Gasteiger partial charge in [0.05, 0.1) is 32.0 Å². The molecule has 2 saturated heterocycles. The van der Waals surface area contributed by atoms with Crippen LogP contribution in [0.4, 0.5) is 0 Å². The maximum absolute atomic E-state index is 14.7. The van der Waals surface area contributed by atoms with Crippen LogP contribution in [-0.4, -0.2) is 59.8 Å². The number of ketones is 1. The molecular weight excluding hydrogens is 544 g/mol. The lowest BCUT2D eigenvalue weighted by atomic mass is 9.37. The lowest BCUT2D eigenvalue weighted by Crippen LogP contribution is -2.74. The van der Waals surface area contributed by atoms with Gasteiger partial charge in [-0.1, -0.05) is 33.8 Å². The number of cyclic esters (lactones) is 1. The molecule has 10 heteroatoms. The van der Waals surface area contributed by atoms with Crippen molar-refractivity contribution in [2.45, 2.75) is 90.8 Å². The van der Waals surface area contributed by atoms with E-state index in [2.05, 4.69) is 6.92 Å². The molecule has 1 spiro atoms. The largest absolute Gasteiger partial charge is 0.472 e. The standard InChI is InChI=1S/C32H40O10/c1-8-15(2)27(36)41-25-20-23(35)31(6,22(29(25,3)4)21(34)28(37)38-7)17-9-11-30(5)18(32(17)26(20)42-32)13-19(33)40-24(30)16-10-12-39-14-16/h8,10,12,14,17-18,20-22,24-26,34H,9,11,13H2,1-7H3/b15-8+/t17-,18-,20+,21+,22+,24+,25-,26-,30-,31-,32-/m1/s1. The van der Waals surface area contributed by atoms with E-state index in [9.17, 15) is 24.3 Å². The average molecular weight is 585 g/mol. The summed E-state index contributed by atoms with van der Waals surface area (Å²) in [5.74, 6) is -4.51. The Hall–Kier alpha value is -2.98. The van der Waals surface area contributed by atoms with Crippen molar-refractivity contribution in [3.05, 3.63) is 35.8 Å². The number of hydrogen-bond acceptors (Lipinski definition) is 10. The van der Waals surface area contributed by atoms with Gasteiger partial charge >= 0.3 is 17.9 Å². The number of ether oxygens (including phenoxy) is 4. The number of furan rings is 1. The van der Waals surface area contributed by atoms with Crippen molar-refractivity contribution in [3.63, 3.8) is 0 Å². The second-order valence-electron chi connectivity index (χ2n) is 13.9. The molecule has 1 N–H and O–H groups in total. The number of carbonyl (C=O) groups is 4. The van der Waals surface area contributed by atoms with Crippen molar-refractivity contribution in [2.24, 2.45) is 39.9 Å². The number of methoxy groups -OCH3 is 1. The van der Waals surface area contributed by atoms with Crippen molar-refractivity contribution in [3.8, 4) is 0 Å². The fourth-order valence-electron chi connectivity index (χ4n) is 9.83. The molecule has 3 heterocycles. The van der Waals surface area contributed by atoms with Crippen LogP contribution in [0.2, 0.25) is 0 Å². The van der Waals surface area contributed by atoms with Crippen LogP contribution in [0.5, 0.6) is 0 Å². The van der Waals surface area contributed by atoms with E-state index < -0.39 is 76.0 Å². The Morgan fingerprint density at radius 2 is 1.88 bits per heavy atom. The molecular formula is C32H40O10. The van der Waals surface area contributed by atoms with Crippen molar-refractivity contribution in [1.82, 2.24) is 0 Å². The number of Topliss-reactive ketones (excluding diaryl/α,β-unsaturated/α-hetero) is 1. The molecule has 5 fully saturated rings. The summed E-state index contributed by atoms with van der Waals surface area (Å²) in [5, 5.41) is 11.6. The SMILES string of the molecule is C/C=C(\C)C(=O)O[C@@H]1[C@@H]2C(=O)[C@](C)([C@H]3CC[C@]4(C)[C@@H](CC(=O)O[C@H]4c4ccoc4)[C@]34O[C@H]24)[C@@H]([C@H](O)C(=O)OC)C1(C)C. The number of hydrogen-bond donors (Lipinski definition) is 1. The van der Waals surface area contributed by atoms with Crippen LogP contribution in [0, 0.1) is 39.9 Å². The molecule has 6 rings (SSSR count). The van der Waals surface area contributed by atoms with Gasteiger partial charge in [0.25, 0.3) is 0 Å². The molecule has 1 aromatic heterocycles. The van der Waals surface area contributed by atoms with Gasteiger partial charge in [-0.3, -0.25) is 9.59 Å².